The number of thiophene rings is 1. The summed E-state index contributed by atoms with van der Waals surface area (Å²) in [6.45, 7) is 1.76. The Kier molecular flexibility index (Phi) is 4.96. The van der Waals surface area contributed by atoms with Gasteiger partial charge in [-0.25, -0.2) is 4.98 Å². The van der Waals surface area contributed by atoms with E-state index in [0.29, 0.717) is 16.4 Å². The van der Waals surface area contributed by atoms with Gasteiger partial charge >= 0.3 is 0 Å². The number of aromatic nitrogens is 2. The summed E-state index contributed by atoms with van der Waals surface area (Å²) >= 11 is 2.84. The minimum atomic E-state index is -0.478. The van der Waals surface area contributed by atoms with E-state index in [2.05, 4.69) is 16.4 Å². The van der Waals surface area contributed by atoms with Gasteiger partial charge < -0.3 is 5.32 Å². The lowest BCUT2D eigenvalue weighted by molar-refractivity contribution is -0.115. The third-order valence-electron chi connectivity index (χ3n) is 4.86. The van der Waals surface area contributed by atoms with Crippen molar-refractivity contribution >= 4 is 44.9 Å². The molecule has 1 atom stereocenters. The summed E-state index contributed by atoms with van der Waals surface area (Å²) in [5.41, 5.74) is 2.00. The highest BCUT2D eigenvalue weighted by Crippen LogP contribution is 2.35. The lowest BCUT2D eigenvalue weighted by atomic mass is 10.2. The minimum absolute atomic E-state index is 0.0469. The number of hydrogen-bond donors (Lipinski definition) is 1. The van der Waals surface area contributed by atoms with Crippen molar-refractivity contribution in [3.05, 3.63) is 50.6 Å². The molecule has 0 spiro atoms. The fourth-order valence-corrected chi connectivity index (χ4v) is 5.52. The van der Waals surface area contributed by atoms with Gasteiger partial charge in [-0.3, -0.25) is 14.2 Å². The standard InChI is InChI=1S/C20H18N4O2S2/c1-11(17(25)22-14-8-4-3-6-12(14)10-21)27-20-23-18-16(19(26)24(20)2)13-7-5-9-15(13)28-18/h3-4,6,8,11H,5,7,9H2,1-2H3,(H,22,25). The van der Waals surface area contributed by atoms with Crippen LogP contribution < -0.4 is 10.9 Å². The molecule has 1 aliphatic carbocycles. The van der Waals surface area contributed by atoms with E-state index in [-0.39, 0.29) is 11.5 Å². The van der Waals surface area contributed by atoms with E-state index in [9.17, 15) is 9.59 Å². The molecule has 142 valence electrons. The van der Waals surface area contributed by atoms with Gasteiger partial charge in [0, 0.05) is 11.9 Å². The summed E-state index contributed by atoms with van der Waals surface area (Å²) in [6, 6.07) is 8.93. The zero-order valence-corrected chi connectivity index (χ0v) is 17.1. The lowest BCUT2D eigenvalue weighted by Crippen LogP contribution is -2.25. The molecule has 8 heteroatoms. The Morgan fingerprint density at radius 3 is 2.96 bits per heavy atom. The molecule has 2 aromatic heterocycles. The van der Waals surface area contributed by atoms with Crippen LogP contribution in [0.25, 0.3) is 10.2 Å². The number of rotatable bonds is 4. The van der Waals surface area contributed by atoms with Crippen LogP contribution in [0.2, 0.25) is 0 Å². The average Bonchev–Trinajstić information content (AvgIpc) is 3.27. The summed E-state index contributed by atoms with van der Waals surface area (Å²) in [7, 11) is 1.70. The van der Waals surface area contributed by atoms with Crippen LogP contribution in [0.3, 0.4) is 0 Å². The van der Waals surface area contributed by atoms with Gasteiger partial charge in [-0.1, -0.05) is 23.9 Å². The molecule has 0 aliphatic heterocycles. The highest BCUT2D eigenvalue weighted by atomic mass is 32.2. The molecule has 0 radical (unpaired) electrons. The van der Waals surface area contributed by atoms with Gasteiger partial charge in [0.2, 0.25) is 5.91 Å². The number of anilines is 1. The predicted octanol–water partition coefficient (Wildman–Crippen LogP) is 3.47. The van der Waals surface area contributed by atoms with Crippen LogP contribution in [0.5, 0.6) is 0 Å². The third kappa shape index (κ3) is 3.21. The van der Waals surface area contributed by atoms with Crippen molar-refractivity contribution in [2.75, 3.05) is 5.32 Å². The highest BCUT2D eigenvalue weighted by molar-refractivity contribution is 8.00. The smallest absolute Gasteiger partial charge is 0.262 e. The molecule has 3 aromatic rings. The molecular formula is C20H18N4O2S2. The van der Waals surface area contributed by atoms with Crippen LogP contribution in [0, 0.1) is 11.3 Å². The molecule has 1 N–H and O–H groups in total. The largest absolute Gasteiger partial charge is 0.324 e. The number of nitriles is 1. The Morgan fingerprint density at radius 1 is 1.39 bits per heavy atom. The minimum Gasteiger partial charge on any atom is -0.324 e. The van der Waals surface area contributed by atoms with Crippen molar-refractivity contribution < 1.29 is 4.79 Å². The van der Waals surface area contributed by atoms with E-state index in [1.807, 2.05) is 0 Å². The van der Waals surface area contributed by atoms with E-state index >= 15 is 0 Å². The number of thioether (sulfide) groups is 1. The number of benzene rings is 1. The maximum atomic E-state index is 12.9. The molecule has 1 aliphatic rings. The Labute approximate surface area is 170 Å². The van der Waals surface area contributed by atoms with E-state index in [1.165, 1.54) is 21.2 Å². The molecule has 1 aromatic carbocycles. The Hall–Kier alpha value is -2.63. The maximum Gasteiger partial charge on any atom is 0.262 e. The molecule has 28 heavy (non-hydrogen) atoms. The van der Waals surface area contributed by atoms with Crippen LogP contribution in [0.1, 0.15) is 29.3 Å². The zero-order valence-electron chi connectivity index (χ0n) is 15.5. The highest BCUT2D eigenvalue weighted by Gasteiger charge is 2.24. The van der Waals surface area contributed by atoms with Crippen molar-refractivity contribution in [3.63, 3.8) is 0 Å². The number of carbonyl (C=O) groups excluding carboxylic acids is 1. The van der Waals surface area contributed by atoms with Crippen molar-refractivity contribution in [1.82, 2.24) is 9.55 Å². The second kappa shape index (κ2) is 7.41. The number of aryl methyl sites for hydroxylation is 2. The van der Waals surface area contributed by atoms with E-state index in [1.54, 1.807) is 49.6 Å². The molecule has 1 amide bonds. The quantitative estimate of drug-likeness (QED) is 0.526. The Morgan fingerprint density at radius 2 is 2.18 bits per heavy atom. The molecule has 1 unspecified atom stereocenters. The second-order valence-electron chi connectivity index (χ2n) is 6.70. The number of para-hydroxylation sites is 1. The van der Waals surface area contributed by atoms with E-state index in [0.717, 1.165) is 35.0 Å². The fraction of sp³-hybridized carbons (Fsp3) is 0.300. The first-order valence-electron chi connectivity index (χ1n) is 8.97. The molecule has 6 nitrogen and oxygen atoms in total. The predicted molar refractivity (Wildman–Crippen MR) is 112 cm³/mol. The average molecular weight is 411 g/mol. The monoisotopic (exact) mass is 410 g/mol. The number of fused-ring (bicyclic) bond motifs is 3. The Bertz CT molecular complexity index is 1190. The lowest BCUT2D eigenvalue weighted by Gasteiger charge is -2.14. The normalized spacial score (nSPS) is 13.9. The van der Waals surface area contributed by atoms with Gasteiger partial charge in [-0.2, -0.15) is 5.26 Å². The number of amides is 1. The number of nitrogens with one attached hydrogen (secondary N) is 1. The summed E-state index contributed by atoms with van der Waals surface area (Å²) in [5, 5.41) is 12.7. The number of hydrogen-bond acceptors (Lipinski definition) is 6. The SMILES string of the molecule is CC(Sc1nc2sc3c(c2c(=O)n1C)CCC3)C(=O)Nc1ccccc1C#N. The topological polar surface area (TPSA) is 87.8 Å². The van der Waals surface area contributed by atoms with Gasteiger partial charge in [0.15, 0.2) is 5.16 Å². The second-order valence-corrected chi connectivity index (χ2v) is 9.09. The van der Waals surface area contributed by atoms with Gasteiger partial charge in [0.1, 0.15) is 10.9 Å². The molecule has 0 saturated heterocycles. The maximum absolute atomic E-state index is 12.9. The Balaban J connectivity index is 1.59. The molecular weight excluding hydrogens is 392 g/mol. The van der Waals surface area contributed by atoms with Crippen LogP contribution in [-0.2, 0) is 24.7 Å². The summed E-state index contributed by atoms with van der Waals surface area (Å²) in [6.07, 6.45) is 3.05. The van der Waals surface area contributed by atoms with Crippen molar-refractivity contribution in [2.24, 2.45) is 7.05 Å². The van der Waals surface area contributed by atoms with E-state index < -0.39 is 5.25 Å². The molecule has 0 saturated carbocycles. The van der Waals surface area contributed by atoms with Crippen LogP contribution in [0.15, 0.2) is 34.2 Å². The fourth-order valence-electron chi connectivity index (χ4n) is 3.35. The first-order chi connectivity index (χ1) is 13.5. The van der Waals surface area contributed by atoms with E-state index in [4.69, 9.17) is 5.26 Å². The molecule has 0 fully saturated rings. The molecule has 2 heterocycles. The van der Waals surface area contributed by atoms with Crippen LogP contribution >= 0.6 is 23.1 Å². The molecule has 0 bridgehead atoms. The first kappa shape index (κ1) is 18.7. The van der Waals surface area contributed by atoms with Gasteiger partial charge in [-0.15, -0.1) is 11.3 Å². The van der Waals surface area contributed by atoms with Crippen molar-refractivity contribution in [3.8, 4) is 6.07 Å². The first-order valence-corrected chi connectivity index (χ1v) is 10.7. The zero-order chi connectivity index (χ0) is 19.8. The summed E-state index contributed by atoms with van der Waals surface area (Å²) in [4.78, 5) is 32.2. The summed E-state index contributed by atoms with van der Waals surface area (Å²) < 4.78 is 1.53. The number of nitrogens with zero attached hydrogens (tertiary/aromatic N) is 3. The van der Waals surface area contributed by atoms with Gasteiger partial charge in [-0.05, 0) is 43.9 Å². The van der Waals surface area contributed by atoms with Crippen molar-refractivity contribution in [2.45, 2.75) is 36.6 Å². The van der Waals surface area contributed by atoms with Gasteiger partial charge in [0.25, 0.3) is 5.56 Å². The summed E-state index contributed by atoms with van der Waals surface area (Å²) in [5.74, 6) is -0.240. The number of carbonyl (C=O) groups is 1. The molecule has 4 rings (SSSR count). The van der Waals surface area contributed by atoms with Crippen molar-refractivity contribution in [1.29, 1.82) is 5.26 Å². The van der Waals surface area contributed by atoms with Crippen LogP contribution in [-0.4, -0.2) is 20.7 Å². The van der Waals surface area contributed by atoms with Crippen LogP contribution in [0.4, 0.5) is 5.69 Å². The third-order valence-corrected chi connectivity index (χ3v) is 7.19. The van der Waals surface area contributed by atoms with Gasteiger partial charge in [0.05, 0.1) is 21.9 Å².